The highest BCUT2D eigenvalue weighted by Gasteiger charge is 2.39. The molecular formula is C12H17N3O2. The van der Waals surface area contributed by atoms with Crippen LogP contribution in [0.5, 0.6) is 0 Å². The Morgan fingerprint density at radius 1 is 1.41 bits per heavy atom. The number of aromatic nitrogens is 1. The average molecular weight is 235 g/mol. The zero-order chi connectivity index (χ0) is 11.8. The van der Waals surface area contributed by atoms with Gasteiger partial charge in [0.15, 0.2) is 5.69 Å². The van der Waals surface area contributed by atoms with Crippen LogP contribution in [0.15, 0.2) is 16.9 Å². The van der Waals surface area contributed by atoms with Crippen molar-refractivity contribution in [3.63, 3.8) is 0 Å². The lowest BCUT2D eigenvalue weighted by Crippen LogP contribution is -2.32. The minimum absolute atomic E-state index is 0.0123. The first kappa shape index (κ1) is 10.8. The molecule has 1 amide bonds. The van der Waals surface area contributed by atoms with Crippen LogP contribution in [-0.2, 0) is 0 Å². The number of nitrogens with two attached hydrogens (primary N) is 1. The van der Waals surface area contributed by atoms with Crippen LogP contribution in [0.4, 0.5) is 0 Å². The molecule has 2 aliphatic rings. The minimum Gasteiger partial charge on any atom is -0.364 e. The number of hydrogen-bond acceptors (Lipinski definition) is 4. The second-order valence-electron chi connectivity index (χ2n) is 5.19. The Bertz CT molecular complexity index is 404. The summed E-state index contributed by atoms with van der Waals surface area (Å²) in [4.78, 5) is 14.0. The van der Waals surface area contributed by atoms with Gasteiger partial charge in [0.05, 0.1) is 0 Å². The molecular weight excluding hydrogens is 218 g/mol. The second kappa shape index (κ2) is 4.14. The van der Waals surface area contributed by atoms with Crippen LogP contribution in [0.3, 0.4) is 0 Å². The molecule has 0 bridgehead atoms. The van der Waals surface area contributed by atoms with Crippen LogP contribution in [0.2, 0.25) is 0 Å². The lowest BCUT2D eigenvalue weighted by atomic mass is 9.79. The van der Waals surface area contributed by atoms with Crippen LogP contribution in [0, 0.1) is 11.8 Å². The Morgan fingerprint density at radius 2 is 2.24 bits per heavy atom. The molecule has 2 fully saturated rings. The highest BCUT2D eigenvalue weighted by Crippen LogP contribution is 2.36. The zero-order valence-corrected chi connectivity index (χ0v) is 9.71. The van der Waals surface area contributed by atoms with Crippen molar-refractivity contribution in [2.45, 2.75) is 25.3 Å². The van der Waals surface area contributed by atoms with E-state index in [9.17, 15) is 4.79 Å². The highest BCUT2D eigenvalue weighted by atomic mass is 16.5. The van der Waals surface area contributed by atoms with E-state index in [4.69, 9.17) is 10.3 Å². The summed E-state index contributed by atoms with van der Waals surface area (Å²) >= 11 is 0. The number of carbonyl (C=O) groups is 1. The predicted molar refractivity (Wildman–Crippen MR) is 61.2 cm³/mol. The molecule has 3 atom stereocenters. The fourth-order valence-corrected chi connectivity index (χ4v) is 3.12. The molecule has 1 saturated heterocycles. The van der Waals surface area contributed by atoms with E-state index in [1.165, 1.54) is 6.26 Å². The Balaban J connectivity index is 1.69. The summed E-state index contributed by atoms with van der Waals surface area (Å²) in [6.45, 7) is 1.67. The van der Waals surface area contributed by atoms with Crippen LogP contribution in [0.25, 0.3) is 0 Å². The SMILES string of the molecule is NC1CC[C@@H]2CN(C(=O)c3ccon3)C[C@@H]2C1. The van der Waals surface area contributed by atoms with Gasteiger partial charge in [-0.3, -0.25) is 4.79 Å². The Morgan fingerprint density at radius 3 is 3.00 bits per heavy atom. The molecule has 0 spiro atoms. The summed E-state index contributed by atoms with van der Waals surface area (Å²) in [5, 5.41) is 3.70. The van der Waals surface area contributed by atoms with Crippen molar-refractivity contribution < 1.29 is 9.32 Å². The Labute approximate surface area is 99.9 Å². The van der Waals surface area contributed by atoms with E-state index >= 15 is 0 Å². The van der Waals surface area contributed by atoms with Crippen LogP contribution in [-0.4, -0.2) is 35.1 Å². The van der Waals surface area contributed by atoms with E-state index in [1.54, 1.807) is 6.07 Å². The number of hydrogen-bond donors (Lipinski definition) is 1. The molecule has 1 saturated carbocycles. The third-order valence-corrected chi connectivity index (χ3v) is 4.03. The summed E-state index contributed by atoms with van der Waals surface area (Å²) in [5.74, 6) is 1.20. The van der Waals surface area contributed by atoms with Gasteiger partial charge in [0.1, 0.15) is 6.26 Å². The number of carbonyl (C=O) groups excluding carboxylic acids is 1. The molecule has 2 heterocycles. The molecule has 1 aromatic heterocycles. The number of nitrogens with zero attached hydrogens (tertiary/aromatic N) is 2. The van der Waals surface area contributed by atoms with E-state index in [1.807, 2.05) is 4.90 Å². The molecule has 3 rings (SSSR count). The maximum absolute atomic E-state index is 12.1. The monoisotopic (exact) mass is 235 g/mol. The van der Waals surface area contributed by atoms with Crippen LogP contribution < -0.4 is 5.73 Å². The standard InChI is InChI=1S/C12H17N3O2/c13-10-2-1-8-6-15(7-9(8)5-10)12(16)11-3-4-17-14-11/h3-4,8-10H,1-2,5-7,13H2/t8-,9+,10?/m1/s1. The van der Waals surface area contributed by atoms with E-state index in [0.717, 1.165) is 32.4 Å². The van der Waals surface area contributed by atoms with Crippen molar-refractivity contribution in [2.75, 3.05) is 13.1 Å². The number of fused-ring (bicyclic) bond motifs is 1. The van der Waals surface area contributed by atoms with Crippen molar-refractivity contribution in [3.05, 3.63) is 18.0 Å². The lowest BCUT2D eigenvalue weighted by molar-refractivity contribution is 0.0773. The van der Waals surface area contributed by atoms with Gasteiger partial charge >= 0.3 is 0 Å². The lowest BCUT2D eigenvalue weighted by Gasteiger charge is -2.27. The molecule has 1 aliphatic heterocycles. The third-order valence-electron chi connectivity index (χ3n) is 4.03. The van der Waals surface area contributed by atoms with Crippen molar-refractivity contribution >= 4 is 5.91 Å². The van der Waals surface area contributed by atoms with E-state index in [0.29, 0.717) is 23.6 Å². The fraction of sp³-hybridized carbons (Fsp3) is 0.667. The summed E-state index contributed by atoms with van der Waals surface area (Å²) < 4.78 is 4.71. The molecule has 0 radical (unpaired) electrons. The molecule has 5 heteroatoms. The fourth-order valence-electron chi connectivity index (χ4n) is 3.12. The maximum Gasteiger partial charge on any atom is 0.276 e. The average Bonchev–Trinajstić information content (AvgIpc) is 2.96. The van der Waals surface area contributed by atoms with E-state index < -0.39 is 0 Å². The highest BCUT2D eigenvalue weighted by molar-refractivity contribution is 5.92. The number of amides is 1. The van der Waals surface area contributed by atoms with Crippen molar-refractivity contribution in [1.29, 1.82) is 0 Å². The number of likely N-dealkylation sites (tertiary alicyclic amines) is 1. The van der Waals surface area contributed by atoms with E-state index in [-0.39, 0.29) is 5.91 Å². The molecule has 1 aliphatic carbocycles. The Hall–Kier alpha value is -1.36. The summed E-state index contributed by atoms with van der Waals surface area (Å²) in [6, 6.07) is 1.94. The molecule has 1 unspecified atom stereocenters. The van der Waals surface area contributed by atoms with Gasteiger partial charge < -0.3 is 15.2 Å². The molecule has 17 heavy (non-hydrogen) atoms. The first-order valence-corrected chi connectivity index (χ1v) is 6.19. The smallest absolute Gasteiger partial charge is 0.276 e. The topological polar surface area (TPSA) is 72.4 Å². The second-order valence-corrected chi connectivity index (χ2v) is 5.19. The normalized spacial score (nSPS) is 32.5. The van der Waals surface area contributed by atoms with E-state index in [2.05, 4.69) is 5.16 Å². The van der Waals surface area contributed by atoms with Gasteiger partial charge in [-0.05, 0) is 31.1 Å². The van der Waals surface area contributed by atoms with Gasteiger partial charge in [0.25, 0.3) is 5.91 Å². The molecule has 92 valence electrons. The van der Waals surface area contributed by atoms with Gasteiger partial charge in [-0.25, -0.2) is 0 Å². The van der Waals surface area contributed by atoms with Crippen LogP contribution in [0.1, 0.15) is 29.8 Å². The van der Waals surface area contributed by atoms with Gasteiger partial charge in [0.2, 0.25) is 0 Å². The van der Waals surface area contributed by atoms with Gasteiger partial charge in [-0.2, -0.15) is 0 Å². The van der Waals surface area contributed by atoms with Gasteiger partial charge in [0, 0.05) is 25.2 Å². The molecule has 5 nitrogen and oxygen atoms in total. The van der Waals surface area contributed by atoms with Crippen LogP contribution >= 0.6 is 0 Å². The number of rotatable bonds is 1. The van der Waals surface area contributed by atoms with Gasteiger partial charge in [-0.1, -0.05) is 5.16 Å². The maximum atomic E-state index is 12.1. The first-order chi connectivity index (χ1) is 8.24. The first-order valence-electron chi connectivity index (χ1n) is 6.19. The van der Waals surface area contributed by atoms with Crippen molar-refractivity contribution in [3.8, 4) is 0 Å². The quantitative estimate of drug-likeness (QED) is 0.784. The summed E-state index contributed by atoms with van der Waals surface area (Å²) in [6.07, 6.45) is 4.72. The van der Waals surface area contributed by atoms with Crippen molar-refractivity contribution in [1.82, 2.24) is 10.1 Å². The largest absolute Gasteiger partial charge is 0.364 e. The summed E-state index contributed by atoms with van der Waals surface area (Å²) in [7, 11) is 0. The van der Waals surface area contributed by atoms with Gasteiger partial charge in [-0.15, -0.1) is 0 Å². The molecule has 0 aromatic carbocycles. The molecule has 1 aromatic rings. The Kier molecular flexibility index (Phi) is 2.63. The van der Waals surface area contributed by atoms with Crippen molar-refractivity contribution in [2.24, 2.45) is 17.6 Å². The summed E-state index contributed by atoms with van der Waals surface area (Å²) in [5.41, 5.74) is 6.39. The molecule has 2 N–H and O–H groups in total. The third kappa shape index (κ3) is 1.95. The predicted octanol–water partition coefficient (Wildman–Crippen LogP) is 0.874. The minimum atomic E-state index is -0.0123. The zero-order valence-electron chi connectivity index (χ0n) is 9.71.